The summed E-state index contributed by atoms with van der Waals surface area (Å²) in [5.74, 6) is 0.846. The van der Waals surface area contributed by atoms with Crippen LogP contribution in [0.1, 0.15) is 38.3 Å². The Morgan fingerprint density at radius 3 is 3.00 bits per heavy atom. The molecule has 0 spiro atoms. The van der Waals surface area contributed by atoms with E-state index in [1.165, 1.54) is 31.4 Å². The fourth-order valence-corrected chi connectivity index (χ4v) is 2.34. The Hall–Kier alpha value is -0.760. The van der Waals surface area contributed by atoms with Gasteiger partial charge in [-0.05, 0) is 30.9 Å². The van der Waals surface area contributed by atoms with E-state index in [1.54, 1.807) is 0 Å². The van der Waals surface area contributed by atoms with Gasteiger partial charge in [-0.2, -0.15) is 0 Å². The molecule has 2 N–H and O–H groups in total. The number of hydrogen-bond acceptors (Lipinski definition) is 1. The SMILES string of the molecule is CC1CCCCC1NCc1ccc[nH]1. The van der Waals surface area contributed by atoms with Crippen molar-refractivity contribution in [3.05, 3.63) is 24.0 Å². The number of rotatable bonds is 3. The van der Waals surface area contributed by atoms with Gasteiger partial charge in [-0.25, -0.2) is 0 Å². The van der Waals surface area contributed by atoms with Crippen LogP contribution in [0.15, 0.2) is 18.3 Å². The second-order valence-electron chi connectivity index (χ2n) is 4.44. The lowest BCUT2D eigenvalue weighted by Crippen LogP contribution is -2.36. The molecule has 0 saturated heterocycles. The first-order valence-corrected chi connectivity index (χ1v) is 5.72. The van der Waals surface area contributed by atoms with E-state index >= 15 is 0 Å². The third kappa shape index (κ3) is 2.38. The first-order valence-electron chi connectivity index (χ1n) is 5.72. The zero-order valence-electron chi connectivity index (χ0n) is 8.92. The van der Waals surface area contributed by atoms with E-state index in [0.29, 0.717) is 0 Å². The zero-order chi connectivity index (χ0) is 9.80. The first kappa shape index (κ1) is 9.78. The largest absolute Gasteiger partial charge is 0.364 e. The zero-order valence-corrected chi connectivity index (χ0v) is 8.92. The van der Waals surface area contributed by atoms with Gasteiger partial charge >= 0.3 is 0 Å². The molecule has 1 aliphatic rings. The highest BCUT2D eigenvalue weighted by Gasteiger charge is 2.20. The topological polar surface area (TPSA) is 27.8 Å². The predicted octanol–water partition coefficient (Wildman–Crippen LogP) is 2.68. The minimum atomic E-state index is 0.729. The van der Waals surface area contributed by atoms with E-state index in [-0.39, 0.29) is 0 Å². The summed E-state index contributed by atoms with van der Waals surface area (Å²) in [6, 6.07) is 4.92. The van der Waals surface area contributed by atoms with Crippen molar-refractivity contribution in [3.8, 4) is 0 Å². The van der Waals surface area contributed by atoms with E-state index in [0.717, 1.165) is 18.5 Å². The Morgan fingerprint density at radius 2 is 2.29 bits per heavy atom. The molecular weight excluding hydrogens is 172 g/mol. The van der Waals surface area contributed by atoms with Crippen LogP contribution in [0.25, 0.3) is 0 Å². The van der Waals surface area contributed by atoms with Crippen LogP contribution in [0.3, 0.4) is 0 Å². The van der Waals surface area contributed by atoms with E-state index in [9.17, 15) is 0 Å². The second kappa shape index (κ2) is 4.65. The van der Waals surface area contributed by atoms with Crippen molar-refractivity contribution in [1.29, 1.82) is 0 Å². The van der Waals surface area contributed by atoms with Crippen LogP contribution in [-0.4, -0.2) is 11.0 Å². The minimum absolute atomic E-state index is 0.729. The van der Waals surface area contributed by atoms with Gasteiger partial charge in [0.25, 0.3) is 0 Å². The Bertz CT molecular complexity index is 253. The number of nitrogens with one attached hydrogen (secondary N) is 2. The Morgan fingerprint density at radius 1 is 1.43 bits per heavy atom. The fraction of sp³-hybridized carbons (Fsp3) is 0.667. The molecule has 0 bridgehead atoms. The molecule has 78 valence electrons. The third-order valence-electron chi connectivity index (χ3n) is 3.33. The van der Waals surface area contributed by atoms with Crippen molar-refractivity contribution in [2.75, 3.05) is 0 Å². The maximum absolute atomic E-state index is 3.64. The van der Waals surface area contributed by atoms with Gasteiger partial charge in [0.05, 0.1) is 0 Å². The molecule has 0 aliphatic heterocycles. The smallest absolute Gasteiger partial charge is 0.0359 e. The standard InChI is InChI=1S/C12H20N2/c1-10-5-2-3-7-12(10)14-9-11-6-4-8-13-11/h4,6,8,10,12-14H,2-3,5,7,9H2,1H3. The maximum Gasteiger partial charge on any atom is 0.0359 e. The molecule has 2 unspecified atom stereocenters. The highest BCUT2D eigenvalue weighted by Crippen LogP contribution is 2.23. The number of aromatic amines is 1. The molecule has 1 aliphatic carbocycles. The Balaban J connectivity index is 1.79. The second-order valence-corrected chi connectivity index (χ2v) is 4.44. The summed E-state index contributed by atoms with van der Waals surface area (Å²) in [7, 11) is 0. The van der Waals surface area contributed by atoms with Crippen molar-refractivity contribution >= 4 is 0 Å². The summed E-state index contributed by atoms with van der Waals surface area (Å²) >= 11 is 0. The van der Waals surface area contributed by atoms with Crippen molar-refractivity contribution < 1.29 is 0 Å². The van der Waals surface area contributed by atoms with Crippen molar-refractivity contribution in [2.45, 2.75) is 45.2 Å². The van der Waals surface area contributed by atoms with Gasteiger partial charge in [-0.1, -0.05) is 19.8 Å². The molecule has 1 aromatic heterocycles. The molecule has 1 fully saturated rings. The lowest BCUT2D eigenvalue weighted by molar-refractivity contribution is 0.279. The summed E-state index contributed by atoms with van der Waals surface area (Å²) in [5.41, 5.74) is 1.29. The summed E-state index contributed by atoms with van der Waals surface area (Å²) in [6.45, 7) is 3.35. The monoisotopic (exact) mass is 192 g/mol. The highest BCUT2D eigenvalue weighted by molar-refractivity contribution is 5.03. The number of hydrogen-bond donors (Lipinski definition) is 2. The molecule has 1 saturated carbocycles. The molecular formula is C12H20N2. The predicted molar refractivity (Wildman–Crippen MR) is 59.1 cm³/mol. The maximum atomic E-state index is 3.64. The molecule has 2 heteroatoms. The van der Waals surface area contributed by atoms with Crippen molar-refractivity contribution in [3.63, 3.8) is 0 Å². The van der Waals surface area contributed by atoms with Gasteiger partial charge in [-0.3, -0.25) is 0 Å². The van der Waals surface area contributed by atoms with Gasteiger partial charge in [0.2, 0.25) is 0 Å². The van der Waals surface area contributed by atoms with Crippen LogP contribution < -0.4 is 5.32 Å². The molecule has 2 rings (SSSR count). The Labute approximate surface area is 86.1 Å². The molecule has 2 nitrogen and oxygen atoms in total. The highest BCUT2D eigenvalue weighted by atomic mass is 14.9. The van der Waals surface area contributed by atoms with Crippen LogP contribution in [0, 0.1) is 5.92 Å². The summed E-state index contributed by atoms with van der Waals surface area (Å²) < 4.78 is 0. The van der Waals surface area contributed by atoms with Crippen LogP contribution in [0.5, 0.6) is 0 Å². The lowest BCUT2D eigenvalue weighted by atomic mass is 9.86. The summed E-state index contributed by atoms with van der Waals surface area (Å²) in [4.78, 5) is 3.23. The van der Waals surface area contributed by atoms with E-state index in [4.69, 9.17) is 0 Å². The van der Waals surface area contributed by atoms with Gasteiger partial charge < -0.3 is 10.3 Å². The van der Waals surface area contributed by atoms with Gasteiger partial charge in [-0.15, -0.1) is 0 Å². The van der Waals surface area contributed by atoms with Crippen LogP contribution in [0.2, 0.25) is 0 Å². The van der Waals surface area contributed by atoms with Crippen LogP contribution in [-0.2, 0) is 6.54 Å². The average Bonchev–Trinajstić information content (AvgIpc) is 2.69. The normalized spacial score (nSPS) is 27.8. The Kier molecular flexibility index (Phi) is 3.25. The molecule has 14 heavy (non-hydrogen) atoms. The van der Waals surface area contributed by atoms with Gasteiger partial charge in [0, 0.05) is 24.5 Å². The summed E-state index contributed by atoms with van der Waals surface area (Å²) in [6.07, 6.45) is 7.54. The molecule has 2 atom stereocenters. The van der Waals surface area contributed by atoms with E-state index < -0.39 is 0 Å². The molecule has 1 aromatic rings. The molecule has 0 amide bonds. The van der Waals surface area contributed by atoms with E-state index in [1.807, 2.05) is 6.20 Å². The molecule has 0 aromatic carbocycles. The first-order chi connectivity index (χ1) is 6.86. The number of aromatic nitrogens is 1. The number of H-pyrrole nitrogens is 1. The van der Waals surface area contributed by atoms with Gasteiger partial charge in [0.1, 0.15) is 0 Å². The van der Waals surface area contributed by atoms with Gasteiger partial charge in [0.15, 0.2) is 0 Å². The molecule has 1 heterocycles. The minimum Gasteiger partial charge on any atom is -0.364 e. The third-order valence-corrected chi connectivity index (χ3v) is 3.33. The van der Waals surface area contributed by atoms with E-state index in [2.05, 4.69) is 29.4 Å². The van der Waals surface area contributed by atoms with Crippen molar-refractivity contribution in [1.82, 2.24) is 10.3 Å². The summed E-state index contributed by atoms with van der Waals surface area (Å²) in [5, 5.41) is 3.64. The van der Waals surface area contributed by atoms with Crippen LogP contribution >= 0.6 is 0 Å². The van der Waals surface area contributed by atoms with Crippen molar-refractivity contribution in [2.24, 2.45) is 5.92 Å². The average molecular weight is 192 g/mol. The lowest BCUT2D eigenvalue weighted by Gasteiger charge is -2.29. The fourth-order valence-electron chi connectivity index (χ4n) is 2.34. The quantitative estimate of drug-likeness (QED) is 0.757. The molecule has 0 radical (unpaired) electrons. The van der Waals surface area contributed by atoms with Crippen LogP contribution in [0.4, 0.5) is 0 Å².